The van der Waals surface area contributed by atoms with Crippen LogP contribution in [0.3, 0.4) is 0 Å². The second-order valence-corrected chi connectivity index (χ2v) is 3.03. The summed E-state index contributed by atoms with van der Waals surface area (Å²) in [5, 5.41) is 11.7. The van der Waals surface area contributed by atoms with Crippen molar-refractivity contribution in [2.24, 2.45) is 0 Å². The van der Waals surface area contributed by atoms with Gasteiger partial charge in [0.1, 0.15) is 18.2 Å². The average molecular weight is 212 g/mol. The Bertz CT molecular complexity index is 306. The van der Waals surface area contributed by atoms with E-state index >= 15 is 0 Å². The van der Waals surface area contributed by atoms with E-state index in [0.29, 0.717) is 37.0 Å². The predicted molar refractivity (Wildman–Crippen MR) is 57.3 cm³/mol. The van der Waals surface area contributed by atoms with Gasteiger partial charge < -0.3 is 20.9 Å². The molecule has 0 unspecified atom stereocenters. The number of ether oxygens (including phenoxy) is 1. The molecular weight excluding hydrogens is 196 g/mol. The third kappa shape index (κ3) is 4.09. The summed E-state index contributed by atoms with van der Waals surface area (Å²) in [4.78, 5) is 8.19. The molecule has 0 radical (unpaired) electrons. The molecule has 1 heterocycles. The Morgan fingerprint density at radius 1 is 1.53 bits per heavy atom. The molecule has 15 heavy (non-hydrogen) atoms. The highest BCUT2D eigenvalue weighted by Crippen LogP contribution is 2.08. The first-order valence-corrected chi connectivity index (χ1v) is 4.73. The molecule has 0 aromatic carbocycles. The molecule has 0 aliphatic carbocycles. The predicted octanol–water partition coefficient (Wildman–Crippen LogP) is -0.000500. The highest BCUT2D eigenvalue weighted by atomic mass is 16.5. The molecule has 1 rings (SSSR count). The van der Waals surface area contributed by atoms with Crippen LogP contribution in [0.15, 0.2) is 6.07 Å². The lowest BCUT2D eigenvalue weighted by molar-refractivity contribution is 0.178. The van der Waals surface area contributed by atoms with Gasteiger partial charge in [0, 0.05) is 26.3 Å². The molecule has 0 atom stereocenters. The van der Waals surface area contributed by atoms with E-state index in [4.69, 9.17) is 15.6 Å². The maximum atomic E-state index is 8.62. The number of hydrogen-bond donors (Lipinski definition) is 3. The Labute approximate surface area is 88.5 Å². The van der Waals surface area contributed by atoms with Crippen molar-refractivity contribution in [1.82, 2.24) is 9.97 Å². The number of aliphatic hydroxyl groups excluding tert-OH is 1. The van der Waals surface area contributed by atoms with E-state index < -0.39 is 0 Å². The lowest BCUT2D eigenvalue weighted by atomic mass is 10.4. The zero-order valence-electron chi connectivity index (χ0n) is 8.73. The smallest absolute Gasteiger partial charge is 0.158 e. The molecule has 4 N–H and O–H groups in total. The van der Waals surface area contributed by atoms with E-state index in [1.807, 2.05) is 0 Å². The Kier molecular flexibility index (Phi) is 4.79. The van der Waals surface area contributed by atoms with Crippen LogP contribution >= 0.6 is 0 Å². The Balaban J connectivity index is 2.62. The summed E-state index contributed by atoms with van der Waals surface area (Å²) >= 11 is 0. The van der Waals surface area contributed by atoms with Gasteiger partial charge in [-0.15, -0.1) is 0 Å². The van der Waals surface area contributed by atoms with Gasteiger partial charge in [-0.2, -0.15) is 0 Å². The maximum absolute atomic E-state index is 8.62. The van der Waals surface area contributed by atoms with Crippen LogP contribution in [0, 0.1) is 0 Å². The lowest BCUT2D eigenvalue weighted by Gasteiger charge is -2.07. The van der Waals surface area contributed by atoms with Gasteiger partial charge >= 0.3 is 0 Å². The molecule has 6 nitrogen and oxygen atoms in total. The topological polar surface area (TPSA) is 93.3 Å². The van der Waals surface area contributed by atoms with Crippen LogP contribution in [-0.4, -0.2) is 35.3 Å². The van der Waals surface area contributed by atoms with Crippen LogP contribution in [0.5, 0.6) is 0 Å². The van der Waals surface area contributed by atoms with Crippen molar-refractivity contribution >= 4 is 11.6 Å². The van der Waals surface area contributed by atoms with Crippen molar-refractivity contribution in [2.75, 3.05) is 31.3 Å². The first kappa shape index (κ1) is 11.7. The van der Waals surface area contributed by atoms with Gasteiger partial charge in [-0.3, -0.25) is 0 Å². The summed E-state index contributed by atoms with van der Waals surface area (Å²) in [7, 11) is 1.57. The monoisotopic (exact) mass is 212 g/mol. The maximum Gasteiger partial charge on any atom is 0.158 e. The van der Waals surface area contributed by atoms with Gasteiger partial charge in [0.05, 0.1) is 0 Å². The molecule has 84 valence electrons. The third-order valence-electron chi connectivity index (χ3n) is 1.71. The van der Waals surface area contributed by atoms with E-state index in [9.17, 15) is 0 Å². The Hall–Kier alpha value is -1.40. The number of nitrogen functional groups attached to an aromatic ring is 1. The standard InChI is InChI=1S/C9H16N4O2/c1-15-6-9-12-7(10)5-8(13-9)11-3-2-4-14/h5,14H,2-4,6H2,1H3,(H3,10,11,12,13). The van der Waals surface area contributed by atoms with Crippen LogP contribution in [0.2, 0.25) is 0 Å². The molecule has 0 amide bonds. The molecule has 6 heteroatoms. The van der Waals surface area contributed by atoms with Gasteiger partial charge in [-0.1, -0.05) is 0 Å². The fourth-order valence-electron chi connectivity index (χ4n) is 1.10. The number of rotatable bonds is 6. The van der Waals surface area contributed by atoms with Gasteiger partial charge in [-0.25, -0.2) is 9.97 Å². The van der Waals surface area contributed by atoms with E-state index in [1.165, 1.54) is 0 Å². The molecule has 0 aliphatic heterocycles. The van der Waals surface area contributed by atoms with E-state index in [1.54, 1.807) is 13.2 Å². The van der Waals surface area contributed by atoms with Crippen molar-refractivity contribution in [3.05, 3.63) is 11.9 Å². The van der Waals surface area contributed by atoms with E-state index in [-0.39, 0.29) is 6.61 Å². The van der Waals surface area contributed by atoms with Crippen molar-refractivity contribution < 1.29 is 9.84 Å². The van der Waals surface area contributed by atoms with Crippen molar-refractivity contribution in [1.29, 1.82) is 0 Å². The zero-order chi connectivity index (χ0) is 11.1. The van der Waals surface area contributed by atoms with Gasteiger partial charge in [0.15, 0.2) is 5.82 Å². The molecule has 0 fully saturated rings. The number of aromatic nitrogens is 2. The summed E-state index contributed by atoms with van der Waals surface area (Å²) in [6, 6.07) is 1.65. The van der Waals surface area contributed by atoms with Crippen molar-refractivity contribution in [2.45, 2.75) is 13.0 Å². The number of nitrogens with two attached hydrogens (primary N) is 1. The first-order chi connectivity index (χ1) is 7.26. The SMILES string of the molecule is COCc1nc(N)cc(NCCCO)n1. The van der Waals surface area contributed by atoms with E-state index in [2.05, 4.69) is 15.3 Å². The lowest BCUT2D eigenvalue weighted by Crippen LogP contribution is -2.09. The highest BCUT2D eigenvalue weighted by Gasteiger charge is 2.01. The highest BCUT2D eigenvalue weighted by molar-refractivity contribution is 5.44. The number of nitrogens with zero attached hydrogens (tertiary/aromatic N) is 2. The zero-order valence-corrected chi connectivity index (χ0v) is 8.73. The third-order valence-corrected chi connectivity index (χ3v) is 1.71. The number of aliphatic hydroxyl groups is 1. The normalized spacial score (nSPS) is 10.3. The minimum atomic E-state index is 0.151. The van der Waals surface area contributed by atoms with Crippen LogP contribution in [0.1, 0.15) is 12.2 Å². The molecular formula is C9H16N4O2. The molecule has 1 aromatic heterocycles. The second-order valence-electron chi connectivity index (χ2n) is 3.03. The van der Waals surface area contributed by atoms with Gasteiger partial charge in [0.2, 0.25) is 0 Å². The minimum Gasteiger partial charge on any atom is -0.396 e. The number of hydrogen-bond acceptors (Lipinski definition) is 6. The fraction of sp³-hybridized carbons (Fsp3) is 0.556. The van der Waals surface area contributed by atoms with Crippen LogP contribution < -0.4 is 11.1 Å². The van der Waals surface area contributed by atoms with Crippen molar-refractivity contribution in [3.63, 3.8) is 0 Å². The fourth-order valence-corrected chi connectivity index (χ4v) is 1.10. The van der Waals surface area contributed by atoms with Crippen LogP contribution in [0.4, 0.5) is 11.6 Å². The van der Waals surface area contributed by atoms with Gasteiger partial charge in [0.25, 0.3) is 0 Å². The molecule has 0 bridgehead atoms. The summed E-state index contributed by atoms with van der Waals surface area (Å²) in [5.41, 5.74) is 5.60. The summed E-state index contributed by atoms with van der Waals surface area (Å²) in [6.07, 6.45) is 0.670. The Morgan fingerprint density at radius 3 is 3.00 bits per heavy atom. The summed E-state index contributed by atoms with van der Waals surface area (Å²) < 4.78 is 4.92. The first-order valence-electron chi connectivity index (χ1n) is 4.73. The molecule has 0 saturated carbocycles. The molecule has 0 spiro atoms. The summed E-state index contributed by atoms with van der Waals surface area (Å²) in [6.45, 7) is 1.14. The van der Waals surface area contributed by atoms with Crippen molar-refractivity contribution in [3.8, 4) is 0 Å². The quantitative estimate of drug-likeness (QED) is 0.575. The summed E-state index contributed by atoms with van der Waals surface area (Å²) in [5.74, 6) is 1.61. The number of methoxy groups -OCH3 is 1. The largest absolute Gasteiger partial charge is 0.396 e. The second kappa shape index (κ2) is 6.15. The number of nitrogens with one attached hydrogen (secondary N) is 1. The molecule has 0 aliphatic rings. The molecule has 1 aromatic rings. The Morgan fingerprint density at radius 2 is 2.33 bits per heavy atom. The number of anilines is 2. The van der Waals surface area contributed by atoms with E-state index in [0.717, 1.165) is 0 Å². The van der Waals surface area contributed by atoms with Crippen LogP contribution in [0.25, 0.3) is 0 Å². The minimum absolute atomic E-state index is 0.151. The molecule has 0 saturated heterocycles. The van der Waals surface area contributed by atoms with Gasteiger partial charge in [-0.05, 0) is 6.42 Å². The average Bonchev–Trinajstić information content (AvgIpc) is 2.18. The van der Waals surface area contributed by atoms with Crippen LogP contribution in [-0.2, 0) is 11.3 Å².